The molecular formula is C45H34N4. The number of hydrogen-bond donors (Lipinski definition) is 0. The van der Waals surface area contributed by atoms with Crippen LogP contribution in [0, 0.1) is 6.92 Å². The lowest BCUT2D eigenvalue weighted by atomic mass is 10.0. The number of nitrogens with zero attached hydrogens (tertiary/aromatic N) is 4. The van der Waals surface area contributed by atoms with Crippen LogP contribution in [0.5, 0.6) is 0 Å². The topological polar surface area (TPSA) is 42.5 Å². The van der Waals surface area contributed by atoms with Gasteiger partial charge in [0.15, 0.2) is 0 Å². The van der Waals surface area contributed by atoms with Crippen LogP contribution < -0.4 is 0 Å². The third kappa shape index (κ3) is 6.32. The van der Waals surface area contributed by atoms with Gasteiger partial charge < -0.3 is 4.57 Å². The fraction of sp³-hybridized carbons (Fsp3) is 0.0444. The number of benzene rings is 6. The van der Waals surface area contributed by atoms with E-state index in [-0.39, 0.29) is 0 Å². The van der Waals surface area contributed by atoms with Gasteiger partial charge in [0.1, 0.15) is 0 Å². The standard InChI is InChI=1S/C45H34N4/c1-32-15-14-24-39(46-32)31-49-42-29-37(47-44(33-16-6-2-7-17-33)34-18-8-3-9-19-34)25-27-40(42)41-28-26-38(30-43(41)49)48-45(35-20-10-4-11-21-35)36-22-12-5-13-23-36/h2-30H,31H2,1H3. The maximum atomic E-state index is 5.27. The number of fused-ring (bicyclic) bond motifs is 3. The molecule has 0 aliphatic rings. The molecule has 234 valence electrons. The highest BCUT2D eigenvalue weighted by Crippen LogP contribution is 2.35. The van der Waals surface area contributed by atoms with E-state index in [1.165, 1.54) is 10.8 Å². The summed E-state index contributed by atoms with van der Waals surface area (Å²) in [7, 11) is 0. The smallest absolute Gasteiger partial charge is 0.0781 e. The zero-order chi connectivity index (χ0) is 33.0. The molecule has 0 unspecified atom stereocenters. The van der Waals surface area contributed by atoms with Crippen LogP contribution in [0.4, 0.5) is 11.4 Å². The Kier molecular flexibility index (Phi) is 8.19. The van der Waals surface area contributed by atoms with Crippen LogP contribution in [0.15, 0.2) is 186 Å². The normalized spacial score (nSPS) is 11.0. The third-order valence-electron chi connectivity index (χ3n) is 8.77. The Balaban J connectivity index is 1.32. The molecular weight excluding hydrogens is 597 g/mol. The first-order valence-corrected chi connectivity index (χ1v) is 16.6. The van der Waals surface area contributed by atoms with Crippen LogP contribution in [0.2, 0.25) is 0 Å². The van der Waals surface area contributed by atoms with Gasteiger partial charge in [0.2, 0.25) is 0 Å². The van der Waals surface area contributed by atoms with Crippen molar-refractivity contribution in [2.45, 2.75) is 13.5 Å². The molecule has 2 aromatic heterocycles. The number of aryl methyl sites for hydroxylation is 1. The van der Waals surface area contributed by atoms with Crippen molar-refractivity contribution < 1.29 is 0 Å². The lowest BCUT2D eigenvalue weighted by molar-refractivity contribution is 0.829. The Hall–Kier alpha value is -6.39. The first kappa shape index (κ1) is 30.0. The first-order valence-electron chi connectivity index (χ1n) is 16.6. The van der Waals surface area contributed by atoms with E-state index < -0.39 is 0 Å². The Morgan fingerprint density at radius 2 is 0.878 bits per heavy atom. The van der Waals surface area contributed by atoms with E-state index in [9.17, 15) is 0 Å². The molecule has 0 N–H and O–H groups in total. The predicted molar refractivity (Wildman–Crippen MR) is 204 cm³/mol. The molecule has 0 aliphatic carbocycles. The van der Waals surface area contributed by atoms with Crippen LogP contribution in [0.1, 0.15) is 33.6 Å². The number of rotatable bonds is 8. The van der Waals surface area contributed by atoms with Gasteiger partial charge >= 0.3 is 0 Å². The third-order valence-corrected chi connectivity index (χ3v) is 8.77. The van der Waals surface area contributed by atoms with Crippen molar-refractivity contribution in [1.82, 2.24) is 9.55 Å². The van der Waals surface area contributed by atoms with E-state index in [0.29, 0.717) is 6.54 Å². The summed E-state index contributed by atoms with van der Waals surface area (Å²) < 4.78 is 2.36. The zero-order valence-electron chi connectivity index (χ0n) is 27.2. The van der Waals surface area contributed by atoms with Crippen molar-refractivity contribution in [2.75, 3.05) is 0 Å². The second-order valence-corrected chi connectivity index (χ2v) is 12.1. The van der Waals surface area contributed by atoms with E-state index in [4.69, 9.17) is 15.0 Å². The number of aromatic nitrogens is 2. The van der Waals surface area contributed by atoms with Crippen molar-refractivity contribution in [3.05, 3.63) is 210 Å². The van der Waals surface area contributed by atoms with Crippen LogP contribution in [-0.2, 0) is 6.54 Å². The molecule has 0 fully saturated rings. The average molecular weight is 631 g/mol. The minimum absolute atomic E-state index is 0.621. The molecule has 6 aromatic carbocycles. The van der Waals surface area contributed by atoms with E-state index in [2.05, 4.69) is 150 Å². The van der Waals surface area contributed by atoms with Gasteiger partial charge in [-0.25, -0.2) is 9.98 Å². The second-order valence-electron chi connectivity index (χ2n) is 12.1. The summed E-state index contributed by atoms with van der Waals surface area (Å²) >= 11 is 0. The maximum absolute atomic E-state index is 5.27. The summed E-state index contributed by atoms with van der Waals surface area (Å²) in [5.41, 5.74) is 12.2. The highest BCUT2D eigenvalue weighted by Gasteiger charge is 2.15. The highest BCUT2D eigenvalue weighted by atomic mass is 15.0. The Bertz CT molecular complexity index is 2210. The Morgan fingerprint density at radius 1 is 0.469 bits per heavy atom. The van der Waals surface area contributed by atoms with Crippen LogP contribution in [0.25, 0.3) is 21.8 Å². The van der Waals surface area contributed by atoms with Gasteiger partial charge in [-0.05, 0) is 43.3 Å². The fourth-order valence-corrected chi connectivity index (χ4v) is 6.46. The molecule has 0 spiro atoms. The molecule has 0 radical (unpaired) electrons. The number of aliphatic imine (C=N–C) groups is 2. The van der Waals surface area contributed by atoms with Crippen LogP contribution in [-0.4, -0.2) is 21.0 Å². The van der Waals surface area contributed by atoms with Gasteiger partial charge in [-0.1, -0.05) is 140 Å². The quantitative estimate of drug-likeness (QED) is 0.154. The lowest BCUT2D eigenvalue weighted by Crippen LogP contribution is -2.03. The second kappa shape index (κ2) is 13.4. The molecule has 2 heterocycles. The van der Waals surface area contributed by atoms with Gasteiger partial charge in [-0.2, -0.15) is 0 Å². The molecule has 8 rings (SSSR count). The number of hydrogen-bond acceptors (Lipinski definition) is 3. The van der Waals surface area contributed by atoms with Crippen LogP contribution >= 0.6 is 0 Å². The highest BCUT2D eigenvalue weighted by molar-refractivity contribution is 6.16. The molecule has 0 aliphatic heterocycles. The number of pyridine rings is 1. The minimum Gasteiger partial charge on any atom is -0.334 e. The Morgan fingerprint density at radius 3 is 1.27 bits per heavy atom. The van der Waals surface area contributed by atoms with Gasteiger partial charge in [0.05, 0.1) is 46.1 Å². The molecule has 0 atom stereocenters. The van der Waals surface area contributed by atoms with Crippen LogP contribution in [0.3, 0.4) is 0 Å². The maximum Gasteiger partial charge on any atom is 0.0781 e. The summed E-state index contributed by atoms with van der Waals surface area (Å²) in [4.78, 5) is 15.4. The summed E-state index contributed by atoms with van der Waals surface area (Å²) in [6.45, 7) is 2.66. The van der Waals surface area contributed by atoms with E-state index in [1.54, 1.807) is 0 Å². The Labute approximate surface area is 286 Å². The molecule has 49 heavy (non-hydrogen) atoms. The van der Waals surface area contributed by atoms with Crippen molar-refractivity contribution in [1.29, 1.82) is 0 Å². The molecule has 4 nitrogen and oxygen atoms in total. The minimum atomic E-state index is 0.621. The molecule has 8 aromatic rings. The SMILES string of the molecule is Cc1cccc(Cn2c3cc(N=C(c4ccccc4)c4ccccc4)ccc3c3ccc(N=C(c4ccccc4)c4ccccc4)cc32)n1. The van der Waals surface area contributed by atoms with E-state index >= 15 is 0 Å². The van der Waals surface area contributed by atoms with Gasteiger partial charge in [-0.15, -0.1) is 0 Å². The zero-order valence-corrected chi connectivity index (χ0v) is 27.2. The van der Waals surface area contributed by atoms with E-state index in [1.807, 2.05) is 37.3 Å². The van der Waals surface area contributed by atoms with Crippen molar-refractivity contribution in [3.63, 3.8) is 0 Å². The van der Waals surface area contributed by atoms with Crippen molar-refractivity contribution in [2.24, 2.45) is 9.98 Å². The van der Waals surface area contributed by atoms with Crippen molar-refractivity contribution in [3.8, 4) is 0 Å². The molecule has 4 heteroatoms. The van der Waals surface area contributed by atoms with E-state index in [0.717, 1.165) is 67.5 Å². The summed E-state index contributed by atoms with van der Waals surface area (Å²) in [5, 5.41) is 2.34. The summed E-state index contributed by atoms with van der Waals surface area (Å²) in [5.74, 6) is 0. The lowest BCUT2D eigenvalue weighted by Gasteiger charge is -2.10. The average Bonchev–Trinajstić information content (AvgIpc) is 3.45. The molecule has 0 amide bonds. The summed E-state index contributed by atoms with van der Waals surface area (Å²) in [6.07, 6.45) is 0. The predicted octanol–water partition coefficient (Wildman–Crippen LogP) is 10.9. The fourth-order valence-electron chi connectivity index (χ4n) is 6.46. The van der Waals surface area contributed by atoms with Gasteiger partial charge in [-0.3, -0.25) is 4.98 Å². The molecule has 0 saturated carbocycles. The molecule has 0 bridgehead atoms. The van der Waals surface area contributed by atoms with Gasteiger partial charge in [0, 0.05) is 38.7 Å². The largest absolute Gasteiger partial charge is 0.334 e. The van der Waals surface area contributed by atoms with Gasteiger partial charge in [0.25, 0.3) is 0 Å². The summed E-state index contributed by atoms with van der Waals surface area (Å²) in [6, 6.07) is 60.9. The van der Waals surface area contributed by atoms with Crippen molar-refractivity contribution >= 4 is 44.6 Å². The monoisotopic (exact) mass is 630 g/mol. The first-order chi connectivity index (χ1) is 24.2. The molecule has 0 saturated heterocycles.